The summed E-state index contributed by atoms with van der Waals surface area (Å²) in [7, 11) is 1.39. The number of rotatable bonds is 5. The zero-order valence-corrected chi connectivity index (χ0v) is 14.3. The first-order valence-electron chi connectivity index (χ1n) is 8.07. The van der Waals surface area contributed by atoms with E-state index in [-0.39, 0.29) is 5.56 Å². The summed E-state index contributed by atoms with van der Waals surface area (Å²) in [4.78, 5) is 24.6. The van der Waals surface area contributed by atoms with Crippen molar-refractivity contribution < 1.29 is 18.4 Å². The van der Waals surface area contributed by atoms with Crippen LogP contribution in [0.4, 0.5) is 8.78 Å². The van der Waals surface area contributed by atoms with Gasteiger partial charge in [-0.15, -0.1) is 0 Å². The number of nitrogens with one attached hydrogen (secondary N) is 2. The fourth-order valence-corrected chi connectivity index (χ4v) is 2.54. The summed E-state index contributed by atoms with van der Waals surface area (Å²) in [6.07, 6.45) is 3.40. The average molecular weight is 370 g/mol. The molecule has 2 aromatic carbocycles. The molecule has 0 fully saturated rings. The van der Waals surface area contributed by atoms with E-state index >= 15 is 0 Å². The second kappa shape index (κ2) is 7.77. The lowest BCUT2D eigenvalue weighted by Crippen LogP contribution is -2.39. The van der Waals surface area contributed by atoms with Crippen molar-refractivity contribution in [1.29, 1.82) is 0 Å². The Bertz CT molecular complexity index is 956. The van der Waals surface area contributed by atoms with E-state index in [1.165, 1.54) is 13.1 Å². The number of likely N-dealkylation sites (N-methyl/N-ethyl adjacent to an activating group) is 1. The monoisotopic (exact) mass is 370 g/mol. The largest absolute Gasteiger partial charge is 0.357 e. The van der Waals surface area contributed by atoms with E-state index in [0.717, 1.165) is 17.8 Å². The quantitative estimate of drug-likeness (QED) is 0.724. The van der Waals surface area contributed by atoms with Gasteiger partial charge in [-0.1, -0.05) is 6.07 Å². The van der Waals surface area contributed by atoms with E-state index in [1.54, 1.807) is 47.4 Å². The van der Waals surface area contributed by atoms with E-state index in [1.807, 2.05) is 0 Å². The molecule has 138 valence electrons. The maximum absolute atomic E-state index is 13.5. The summed E-state index contributed by atoms with van der Waals surface area (Å²) in [5.41, 5.74) is 1.21. The lowest BCUT2D eigenvalue weighted by molar-refractivity contribution is -0.122. The Morgan fingerprint density at radius 3 is 2.41 bits per heavy atom. The molecule has 0 bridgehead atoms. The molecular formula is C19H16F2N4O2. The zero-order valence-electron chi connectivity index (χ0n) is 14.3. The van der Waals surface area contributed by atoms with Crippen LogP contribution in [-0.4, -0.2) is 28.6 Å². The van der Waals surface area contributed by atoms with Gasteiger partial charge in [0.15, 0.2) is 11.6 Å². The number of carbonyl (C=O) groups is 2. The van der Waals surface area contributed by atoms with Crippen LogP contribution in [0.15, 0.2) is 60.9 Å². The number of hydrogen-bond donors (Lipinski definition) is 2. The molecule has 8 heteroatoms. The van der Waals surface area contributed by atoms with Crippen LogP contribution in [-0.2, 0) is 4.79 Å². The summed E-state index contributed by atoms with van der Waals surface area (Å²) in [6, 6.07) is 10.2. The van der Waals surface area contributed by atoms with Gasteiger partial charge in [-0.2, -0.15) is 5.10 Å². The van der Waals surface area contributed by atoms with Gasteiger partial charge in [0.2, 0.25) is 5.91 Å². The van der Waals surface area contributed by atoms with E-state index in [2.05, 4.69) is 15.7 Å². The Morgan fingerprint density at radius 1 is 1.07 bits per heavy atom. The number of halogens is 2. The van der Waals surface area contributed by atoms with Crippen molar-refractivity contribution in [2.45, 2.75) is 6.04 Å². The second-order valence-electron chi connectivity index (χ2n) is 5.69. The highest BCUT2D eigenvalue weighted by Crippen LogP contribution is 2.18. The number of carbonyl (C=O) groups excluding carboxylic acids is 2. The third-order valence-corrected chi connectivity index (χ3v) is 3.96. The molecular weight excluding hydrogens is 354 g/mol. The van der Waals surface area contributed by atoms with Gasteiger partial charge < -0.3 is 10.6 Å². The van der Waals surface area contributed by atoms with Crippen LogP contribution in [0.5, 0.6) is 0 Å². The summed E-state index contributed by atoms with van der Waals surface area (Å²) in [5, 5.41) is 9.04. The molecule has 1 unspecified atom stereocenters. The van der Waals surface area contributed by atoms with Crippen LogP contribution >= 0.6 is 0 Å². The SMILES string of the molecule is CNC(=O)C(NC(=O)c1ccc(-n2cccn2)cc1)c1ccc(F)c(F)c1. The lowest BCUT2D eigenvalue weighted by atomic mass is 10.0. The molecule has 3 aromatic rings. The molecule has 0 radical (unpaired) electrons. The third kappa shape index (κ3) is 4.00. The number of nitrogens with zero attached hydrogens (tertiary/aromatic N) is 2. The first-order valence-corrected chi connectivity index (χ1v) is 8.07. The van der Waals surface area contributed by atoms with Gasteiger partial charge in [-0.25, -0.2) is 13.5 Å². The predicted molar refractivity (Wildman–Crippen MR) is 94.2 cm³/mol. The van der Waals surface area contributed by atoms with Crippen molar-refractivity contribution in [2.24, 2.45) is 0 Å². The minimum atomic E-state index is -1.16. The van der Waals surface area contributed by atoms with Crippen molar-refractivity contribution in [2.75, 3.05) is 7.05 Å². The summed E-state index contributed by atoms with van der Waals surface area (Å²) in [5.74, 6) is -3.21. The molecule has 27 heavy (non-hydrogen) atoms. The van der Waals surface area contributed by atoms with Crippen molar-refractivity contribution in [3.05, 3.63) is 83.7 Å². The molecule has 0 saturated carbocycles. The van der Waals surface area contributed by atoms with Crippen LogP contribution in [0.3, 0.4) is 0 Å². The number of aromatic nitrogens is 2. The van der Waals surface area contributed by atoms with Crippen molar-refractivity contribution in [3.8, 4) is 5.69 Å². The standard InChI is InChI=1S/C19H16F2N4O2/c1-22-19(27)17(13-5-8-15(20)16(21)11-13)24-18(26)12-3-6-14(7-4-12)25-10-2-9-23-25/h2-11,17H,1H3,(H,22,27)(H,24,26). The molecule has 0 aliphatic carbocycles. The van der Waals surface area contributed by atoms with E-state index < -0.39 is 29.5 Å². The highest BCUT2D eigenvalue weighted by molar-refractivity contribution is 5.98. The Morgan fingerprint density at radius 2 is 1.81 bits per heavy atom. The van der Waals surface area contributed by atoms with E-state index in [9.17, 15) is 18.4 Å². The highest BCUT2D eigenvalue weighted by atomic mass is 19.2. The number of hydrogen-bond acceptors (Lipinski definition) is 3. The molecule has 1 heterocycles. The Labute approximate surface area is 153 Å². The maximum atomic E-state index is 13.5. The first-order chi connectivity index (χ1) is 13.0. The van der Waals surface area contributed by atoms with Crippen LogP contribution in [0, 0.1) is 11.6 Å². The topological polar surface area (TPSA) is 76.0 Å². The molecule has 0 aliphatic rings. The lowest BCUT2D eigenvalue weighted by Gasteiger charge is -2.18. The fraction of sp³-hybridized carbons (Fsp3) is 0.105. The normalized spacial score (nSPS) is 11.7. The van der Waals surface area contributed by atoms with Crippen molar-refractivity contribution in [3.63, 3.8) is 0 Å². The van der Waals surface area contributed by atoms with Crippen LogP contribution in [0.25, 0.3) is 5.69 Å². The molecule has 2 N–H and O–H groups in total. The van der Waals surface area contributed by atoms with Gasteiger partial charge in [-0.05, 0) is 48.0 Å². The molecule has 6 nitrogen and oxygen atoms in total. The van der Waals surface area contributed by atoms with E-state index in [4.69, 9.17) is 0 Å². The number of benzene rings is 2. The molecule has 1 aromatic heterocycles. The van der Waals surface area contributed by atoms with Gasteiger partial charge in [-0.3, -0.25) is 9.59 Å². The summed E-state index contributed by atoms with van der Waals surface area (Å²) in [6.45, 7) is 0. The molecule has 2 amide bonds. The minimum absolute atomic E-state index is 0.134. The van der Waals surface area contributed by atoms with Crippen molar-refractivity contribution >= 4 is 11.8 Å². The molecule has 0 saturated heterocycles. The Hall–Kier alpha value is -3.55. The van der Waals surface area contributed by atoms with Gasteiger partial charge in [0, 0.05) is 25.0 Å². The Balaban J connectivity index is 1.82. The minimum Gasteiger partial charge on any atom is -0.357 e. The van der Waals surface area contributed by atoms with Crippen LogP contribution in [0.2, 0.25) is 0 Å². The fourth-order valence-electron chi connectivity index (χ4n) is 2.54. The highest BCUT2D eigenvalue weighted by Gasteiger charge is 2.23. The zero-order chi connectivity index (χ0) is 19.4. The average Bonchev–Trinajstić information content (AvgIpc) is 3.22. The first kappa shape index (κ1) is 18.2. The summed E-state index contributed by atoms with van der Waals surface area (Å²) < 4.78 is 28.3. The van der Waals surface area contributed by atoms with Gasteiger partial charge in [0.1, 0.15) is 6.04 Å². The smallest absolute Gasteiger partial charge is 0.252 e. The third-order valence-electron chi connectivity index (χ3n) is 3.96. The van der Waals surface area contributed by atoms with Crippen LogP contribution in [0.1, 0.15) is 22.0 Å². The summed E-state index contributed by atoms with van der Waals surface area (Å²) >= 11 is 0. The molecule has 0 spiro atoms. The van der Waals surface area contributed by atoms with Gasteiger partial charge >= 0.3 is 0 Å². The molecule has 1 atom stereocenters. The maximum Gasteiger partial charge on any atom is 0.252 e. The number of amides is 2. The van der Waals surface area contributed by atoms with Gasteiger partial charge in [0.05, 0.1) is 5.69 Å². The Kier molecular flexibility index (Phi) is 5.25. The van der Waals surface area contributed by atoms with Gasteiger partial charge in [0.25, 0.3) is 5.91 Å². The molecule has 3 rings (SSSR count). The van der Waals surface area contributed by atoms with Crippen LogP contribution < -0.4 is 10.6 Å². The van der Waals surface area contributed by atoms with E-state index in [0.29, 0.717) is 5.56 Å². The second-order valence-corrected chi connectivity index (χ2v) is 5.69. The van der Waals surface area contributed by atoms with Crippen molar-refractivity contribution in [1.82, 2.24) is 20.4 Å². The predicted octanol–water partition coefficient (Wildman–Crippen LogP) is 2.37. The molecule has 0 aliphatic heterocycles.